The molecule has 1 aliphatic rings. The van der Waals surface area contributed by atoms with Crippen LogP contribution < -0.4 is 4.90 Å². The molecule has 216 valence electrons. The van der Waals surface area contributed by atoms with Crippen molar-refractivity contribution in [2.24, 2.45) is 5.92 Å². The predicted molar refractivity (Wildman–Crippen MR) is 166 cm³/mol. The second-order valence-electron chi connectivity index (χ2n) is 10.0. The van der Waals surface area contributed by atoms with Crippen LogP contribution in [0.25, 0.3) is 10.4 Å². The van der Waals surface area contributed by atoms with Gasteiger partial charge in [-0.3, -0.25) is 4.79 Å². The van der Waals surface area contributed by atoms with Gasteiger partial charge >= 0.3 is 12.1 Å². The number of aromatic carboxylic acids is 1. The van der Waals surface area contributed by atoms with Gasteiger partial charge in [0.1, 0.15) is 11.5 Å². The molecule has 1 N–H and O–H groups in total. The van der Waals surface area contributed by atoms with E-state index < -0.39 is 18.0 Å². The third kappa shape index (κ3) is 6.95. The van der Waals surface area contributed by atoms with Crippen molar-refractivity contribution in [2.45, 2.75) is 19.4 Å². The summed E-state index contributed by atoms with van der Waals surface area (Å²) in [6, 6.07) is 25.2. The van der Waals surface area contributed by atoms with Gasteiger partial charge in [-0.25, -0.2) is 9.59 Å². The van der Waals surface area contributed by atoms with Gasteiger partial charge in [-0.15, -0.1) is 11.3 Å². The highest BCUT2D eigenvalue weighted by molar-refractivity contribution is 7.18. The molecule has 1 atom stereocenters. The summed E-state index contributed by atoms with van der Waals surface area (Å²) in [5.74, 6) is -1.70. The minimum Gasteiger partial charge on any atom is -0.477 e. The van der Waals surface area contributed by atoms with Crippen LogP contribution in [0.2, 0.25) is 10.0 Å². The fourth-order valence-electron chi connectivity index (χ4n) is 5.03. The molecule has 1 aromatic heterocycles. The number of nitrogens with zero attached hydrogens (tertiary/aromatic N) is 2. The van der Waals surface area contributed by atoms with Gasteiger partial charge in [0.15, 0.2) is 0 Å². The van der Waals surface area contributed by atoms with E-state index in [0.29, 0.717) is 18.1 Å². The SMILES string of the molecule is O=C(O)c1sc(-c2ccccc2)cc1N(CC1CCCN(C(=O)OCc2ccccc2)C1)C(=O)c1ccc(Cl)cc1Cl. The van der Waals surface area contributed by atoms with Crippen molar-refractivity contribution in [3.05, 3.63) is 111 Å². The number of anilines is 1. The predicted octanol–water partition coefficient (Wildman–Crippen LogP) is 8.12. The number of hydrogen-bond donors (Lipinski definition) is 1. The van der Waals surface area contributed by atoms with E-state index in [0.717, 1.165) is 40.2 Å². The molecule has 4 aromatic rings. The number of likely N-dealkylation sites (tertiary alicyclic amines) is 1. The number of halogens is 2. The molecule has 5 rings (SSSR count). The fourth-order valence-corrected chi connectivity index (χ4v) is 6.52. The third-order valence-electron chi connectivity index (χ3n) is 7.09. The second-order valence-corrected chi connectivity index (χ2v) is 11.9. The summed E-state index contributed by atoms with van der Waals surface area (Å²) >= 11 is 13.6. The largest absolute Gasteiger partial charge is 0.477 e. The molecule has 2 amide bonds. The molecule has 0 radical (unpaired) electrons. The first-order chi connectivity index (χ1) is 20.3. The van der Waals surface area contributed by atoms with E-state index in [-0.39, 0.29) is 40.2 Å². The summed E-state index contributed by atoms with van der Waals surface area (Å²) in [5, 5.41) is 10.7. The number of benzene rings is 3. The molecule has 0 saturated carbocycles. The molecule has 0 aliphatic carbocycles. The summed E-state index contributed by atoms with van der Waals surface area (Å²) < 4.78 is 5.55. The number of amides is 2. The number of thiophene rings is 1. The molecular formula is C32H28Cl2N2O5S. The summed E-state index contributed by atoms with van der Waals surface area (Å²) in [6.07, 6.45) is 1.05. The summed E-state index contributed by atoms with van der Waals surface area (Å²) in [5.41, 5.74) is 2.23. The lowest BCUT2D eigenvalue weighted by Crippen LogP contribution is -2.45. The van der Waals surface area contributed by atoms with Gasteiger partial charge in [0, 0.05) is 29.5 Å². The van der Waals surface area contributed by atoms with E-state index in [4.69, 9.17) is 27.9 Å². The maximum Gasteiger partial charge on any atom is 0.410 e. The van der Waals surface area contributed by atoms with Crippen LogP contribution in [-0.4, -0.2) is 47.6 Å². The Morgan fingerprint density at radius 1 is 0.976 bits per heavy atom. The van der Waals surface area contributed by atoms with Crippen LogP contribution in [0.5, 0.6) is 0 Å². The van der Waals surface area contributed by atoms with Crippen LogP contribution in [-0.2, 0) is 11.3 Å². The number of piperidine rings is 1. The zero-order chi connectivity index (χ0) is 29.6. The van der Waals surface area contributed by atoms with Crippen LogP contribution in [0.15, 0.2) is 84.9 Å². The van der Waals surface area contributed by atoms with Crippen LogP contribution in [0.1, 0.15) is 38.4 Å². The van der Waals surface area contributed by atoms with Gasteiger partial charge in [0.2, 0.25) is 0 Å². The van der Waals surface area contributed by atoms with Crippen molar-refractivity contribution in [3.8, 4) is 10.4 Å². The van der Waals surface area contributed by atoms with E-state index in [1.807, 2.05) is 60.7 Å². The standard InChI is InChI=1S/C32H28Cl2N2O5S/c33-24-13-14-25(26(34)16-24)30(37)36(27-17-28(42-29(27)31(38)39)23-11-5-2-6-12-23)19-22-10-7-15-35(18-22)32(40)41-20-21-8-3-1-4-9-21/h1-6,8-9,11-14,16-17,22H,7,10,15,18-20H2,(H,38,39). The molecule has 1 aliphatic heterocycles. The van der Waals surface area contributed by atoms with Crippen LogP contribution in [0, 0.1) is 5.92 Å². The topological polar surface area (TPSA) is 87.2 Å². The maximum absolute atomic E-state index is 14.1. The van der Waals surface area contributed by atoms with Crippen LogP contribution in [0.3, 0.4) is 0 Å². The summed E-state index contributed by atoms with van der Waals surface area (Å²) in [7, 11) is 0. The molecule has 0 spiro atoms. The van der Waals surface area contributed by atoms with Gasteiger partial charge < -0.3 is 19.6 Å². The number of ether oxygens (including phenoxy) is 1. The van der Waals surface area contributed by atoms with Crippen LogP contribution >= 0.6 is 34.5 Å². The van der Waals surface area contributed by atoms with Crippen molar-refractivity contribution in [3.63, 3.8) is 0 Å². The first kappa shape index (κ1) is 29.6. The molecular weight excluding hydrogens is 595 g/mol. The fraction of sp³-hybridized carbons (Fsp3) is 0.219. The average Bonchev–Trinajstić information content (AvgIpc) is 3.45. The lowest BCUT2D eigenvalue weighted by atomic mass is 9.97. The highest BCUT2D eigenvalue weighted by Crippen LogP contribution is 2.39. The van der Waals surface area contributed by atoms with Gasteiger partial charge in [0.25, 0.3) is 5.91 Å². The number of carboxylic acids is 1. The quantitative estimate of drug-likeness (QED) is 0.214. The zero-order valence-electron chi connectivity index (χ0n) is 22.5. The number of rotatable bonds is 8. The molecule has 0 bridgehead atoms. The van der Waals surface area contributed by atoms with Crippen LogP contribution in [0.4, 0.5) is 10.5 Å². The minimum atomic E-state index is -1.13. The Balaban J connectivity index is 1.43. The Morgan fingerprint density at radius 2 is 1.69 bits per heavy atom. The van der Waals surface area contributed by atoms with Crippen molar-refractivity contribution in [1.82, 2.24) is 4.90 Å². The molecule has 42 heavy (non-hydrogen) atoms. The van der Waals surface area contributed by atoms with Crippen molar-refractivity contribution in [2.75, 3.05) is 24.5 Å². The van der Waals surface area contributed by atoms with E-state index in [9.17, 15) is 19.5 Å². The van der Waals surface area contributed by atoms with Crippen molar-refractivity contribution in [1.29, 1.82) is 0 Å². The number of carboxylic acid groups (broad SMARTS) is 1. The van der Waals surface area contributed by atoms with Crippen molar-refractivity contribution >= 4 is 58.2 Å². The average molecular weight is 624 g/mol. The van der Waals surface area contributed by atoms with E-state index in [1.165, 1.54) is 11.0 Å². The molecule has 1 saturated heterocycles. The normalized spacial score (nSPS) is 14.8. The molecule has 7 nitrogen and oxygen atoms in total. The lowest BCUT2D eigenvalue weighted by Gasteiger charge is -2.35. The van der Waals surface area contributed by atoms with E-state index >= 15 is 0 Å². The minimum absolute atomic E-state index is 0.0437. The Morgan fingerprint density at radius 3 is 2.38 bits per heavy atom. The first-order valence-corrected chi connectivity index (χ1v) is 15.0. The molecule has 2 heterocycles. The highest BCUT2D eigenvalue weighted by Gasteiger charge is 2.32. The highest BCUT2D eigenvalue weighted by atomic mass is 35.5. The first-order valence-electron chi connectivity index (χ1n) is 13.4. The van der Waals surface area contributed by atoms with Gasteiger partial charge in [-0.1, -0.05) is 83.9 Å². The summed E-state index contributed by atoms with van der Waals surface area (Å²) in [4.78, 5) is 43.3. The second kappa shape index (κ2) is 13.4. The van der Waals surface area contributed by atoms with Gasteiger partial charge in [0.05, 0.1) is 16.3 Å². The third-order valence-corrected chi connectivity index (χ3v) is 8.79. The molecule has 1 unspecified atom stereocenters. The lowest BCUT2D eigenvalue weighted by molar-refractivity contribution is 0.0702. The van der Waals surface area contributed by atoms with Gasteiger partial charge in [-0.2, -0.15) is 0 Å². The van der Waals surface area contributed by atoms with E-state index in [1.54, 1.807) is 23.1 Å². The Bertz CT molecular complexity index is 1580. The Hall–Kier alpha value is -3.85. The van der Waals surface area contributed by atoms with E-state index in [2.05, 4.69) is 0 Å². The number of hydrogen-bond acceptors (Lipinski definition) is 5. The smallest absolute Gasteiger partial charge is 0.410 e. The molecule has 1 fully saturated rings. The number of carbonyl (C=O) groups is 3. The number of carbonyl (C=O) groups excluding carboxylic acids is 2. The maximum atomic E-state index is 14.1. The Labute approximate surface area is 257 Å². The molecule has 3 aromatic carbocycles. The van der Waals surface area contributed by atoms with Crippen molar-refractivity contribution < 1.29 is 24.2 Å². The summed E-state index contributed by atoms with van der Waals surface area (Å²) in [6.45, 7) is 1.26. The Kier molecular flexibility index (Phi) is 9.47. The monoisotopic (exact) mass is 622 g/mol. The zero-order valence-corrected chi connectivity index (χ0v) is 24.9. The van der Waals surface area contributed by atoms with Gasteiger partial charge in [-0.05, 0) is 54.2 Å². The molecule has 10 heteroatoms.